The van der Waals surface area contributed by atoms with Crippen molar-refractivity contribution in [3.8, 4) is 0 Å². The third-order valence-corrected chi connectivity index (χ3v) is 4.23. The highest BCUT2D eigenvalue weighted by molar-refractivity contribution is 5.76. The van der Waals surface area contributed by atoms with Crippen LogP contribution in [0.5, 0.6) is 0 Å². The second-order valence-corrected chi connectivity index (χ2v) is 6.00. The second kappa shape index (κ2) is 7.42. The molecule has 3 rings (SSSR count). The predicted molar refractivity (Wildman–Crippen MR) is 94.4 cm³/mol. The molecule has 0 saturated heterocycles. The number of aliphatic hydroxyl groups excluding tert-OH is 1. The van der Waals surface area contributed by atoms with Gasteiger partial charge >= 0.3 is 0 Å². The van der Waals surface area contributed by atoms with Crippen LogP contribution in [0.1, 0.15) is 43.7 Å². The van der Waals surface area contributed by atoms with Gasteiger partial charge in [-0.3, -0.25) is 0 Å². The van der Waals surface area contributed by atoms with Crippen molar-refractivity contribution < 1.29 is 5.11 Å². The van der Waals surface area contributed by atoms with E-state index in [1.807, 2.05) is 24.3 Å². The minimum atomic E-state index is -0.482. The van der Waals surface area contributed by atoms with Gasteiger partial charge in [0.15, 0.2) is 0 Å². The Hall–Kier alpha value is -2.13. The average molecular weight is 308 g/mol. The number of imidazole rings is 1. The van der Waals surface area contributed by atoms with Gasteiger partial charge in [-0.2, -0.15) is 0 Å². The van der Waals surface area contributed by atoms with E-state index in [0.717, 1.165) is 49.1 Å². The molecule has 0 bridgehead atoms. The highest BCUT2D eigenvalue weighted by Crippen LogP contribution is 2.24. The van der Waals surface area contributed by atoms with Crippen molar-refractivity contribution in [2.24, 2.45) is 0 Å². The molecule has 0 radical (unpaired) electrons. The Morgan fingerprint density at radius 1 is 1.04 bits per heavy atom. The first-order valence-electron chi connectivity index (χ1n) is 8.46. The van der Waals surface area contributed by atoms with E-state index in [0.29, 0.717) is 0 Å². The fraction of sp³-hybridized carbons (Fsp3) is 0.350. The van der Waals surface area contributed by atoms with Crippen LogP contribution >= 0.6 is 0 Å². The number of aliphatic hydroxyl groups is 1. The normalized spacial score (nSPS) is 12.6. The molecule has 1 N–H and O–H groups in total. The van der Waals surface area contributed by atoms with E-state index in [-0.39, 0.29) is 0 Å². The summed E-state index contributed by atoms with van der Waals surface area (Å²) in [6.07, 6.45) is 3.30. The molecule has 120 valence electrons. The summed E-state index contributed by atoms with van der Waals surface area (Å²) in [5.41, 5.74) is 3.44. The average Bonchev–Trinajstić information content (AvgIpc) is 2.95. The Morgan fingerprint density at radius 3 is 2.57 bits per heavy atom. The van der Waals surface area contributed by atoms with Gasteiger partial charge < -0.3 is 9.67 Å². The largest absolute Gasteiger partial charge is 0.385 e. The van der Waals surface area contributed by atoms with Crippen LogP contribution in [0.3, 0.4) is 0 Å². The van der Waals surface area contributed by atoms with Crippen LogP contribution in [0, 0.1) is 0 Å². The van der Waals surface area contributed by atoms with Gasteiger partial charge in [0.2, 0.25) is 0 Å². The molecule has 3 aromatic rings. The third-order valence-electron chi connectivity index (χ3n) is 4.23. The van der Waals surface area contributed by atoms with E-state index < -0.39 is 6.10 Å². The van der Waals surface area contributed by atoms with Crippen molar-refractivity contribution in [1.29, 1.82) is 0 Å². The lowest BCUT2D eigenvalue weighted by Gasteiger charge is -2.13. The van der Waals surface area contributed by atoms with Gasteiger partial charge in [0.05, 0.1) is 11.0 Å². The smallest absolute Gasteiger partial charge is 0.138 e. The Morgan fingerprint density at radius 2 is 1.78 bits per heavy atom. The Kier molecular flexibility index (Phi) is 5.09. The number of benzene rings is 2. The third kappa shape index (κ3) is 3.62. The van der Waals surface area contributed by atoms with E-state index >= 15 is 0 Å². The standard InChI is InChI=1S/C20H24N2O/c1-2-9-19(23)20-21-17-13-6-7-14-18(17)22(20)15-8-12-16-10-4-3-5-11-16/h3-7,10-11,13-14,19,23H,2,8-9,12,15H2,1H3/t19-/m0/s1. The van der Waals surface area contributed by atoms with E-state index in [1.165, 1.54) is 5.56 Å². The molecule has 3 heteroatoms. The molecule has 0 aliphatic heterocycles. The first-order valence-corrected chi connectivity index (χ1v) is 8.46. The lowest BCUT2D eigenvalue weighted by molar-refractivity contribution is 0.152. The molecule has 0 spiro atoms. The zero-order valence-corrected chi connectivity index (χ0v) is 13.7. The SMILES string of the molecule is CCC[C@H](O)c1nc2ccccc2n1CCCc1ccccc1. The number of aromatic nitrogens is 2. The molecule has 1 aromatic heterocycles. The molecule has 0 saturated carbocycles. The molecule has 0 fully saturated rings. The highest BCUT2D eigenvalue weighted by Gasteiger charge is 2.17. The summed E-state index contributed by atoms with van der Waals surface area (Å²) in [6, 6.07) is 18.7. The van der Waals surface area contributed by atoms with Crippen LogP contribution in [0.15, 0.2) is 54.6 Å². The van der Waals surface area contributed by atoms with Crippen LogP contribution in [-0.2, 0) is 13.0 Å². The van der Waals surface area contributed by atoms with Crippen molar-refractivity contribution in [1.82, 2.24) is 9.55 Å². The topological polar surface area (TPSA) is 38.1 Å². The lowest BCUT2D eigenvalue weighted by atomic mass is 10.1. The molecule has 1 atom stereocenters. The number of nitrogens with zero attached hydrogens (tertiary/aromatic N) is 2. The Bertz CT molecular complexity index is 749. The van der Waals surface area contributed by atoms with Gasteiger partial charge in [-0.25, -0.2) is 4.98 Å². The summed E-state index contributed by atoms with van der Waals surface area (Å²) < 4.78 is 2.19. The summed E-state index contributed by atoms with van der Waals surface area (Å²) >= 11 is 0. The molecule has 0 aliphatic carbocycles. The number of rotatable bonds is 7. The van der Waals surface area contributed by atoms with Gasteiger partial charge in [-0.1, -0.05) is 55.8 Å². The summed E-state index contributed by atoms with van der Waals surface area (Å²) in [6.45, 7) is 2.97. The van der Waals surface area contributed by atoms with Crippen LogP contribution in [0.4, 0.5) is 0 Å². The lowest BCUT2D eigenvalue weighted by Crippen LogP contribution is -2.10. The van der Waals surface area contributed by atoms with Crippen LogP contribution < -0.4 is 0 Å². The van der Waals surface area contributed by atoms with E-state index in [9.17, 15) is 5.11 Å². The molecule has 2 aromatic carbocycles. The molecular weight excluding hydrogens is 284 g/mol. The summed E-state index contributed by atoms with van der Waals surface area (Å²) in [5, 5.41) is 10.4. The van der Waals surface area contributed by atoms with Gasteiger partial charge in [0.25, 0.3) is 0 Å². The van der Waals surface area contributed by atoms with Crippen molar-refractivity contribution in [2.75, 3.05) is 0 Å². The molecule has 0 amide bonds. The predicted octanol–water partition coefficient (Wildman–Crippen LogP) is 4.50. The highest BCUT2D eigenvalue weighted by atomic mass is 16.3. The van der Waals surface area contributed by atoms with Crippen LogP contribution in [0.2, 0.25) is 0 Å². The van der Waals surface area contributed by atoms with Crippen molar-refractivity contribution in [2.45, 2.75) is 45.3 Å². The monoisotopic (exact) mass is 308 g/mol. The molecule has 23 heavy (non-hydrogen) atoms. The quantitative estimate of drug-likeness (QED) is 0.697. The zero-order valence-electron chi connectivity index (χ0n) is 13.7. The van der Waals surface area contributed by atoms with Gasteiger partial charge in [0.1, 0.15) is 11.9 Å². The minimum Gasteiger partial charge on any atom is -0.385 e. The first-order chi connectivity index (χ1) is 11.3. The van der Waals surface area contributed by atoms with E-state index in [2.05, 4.69) is 46.8 Å². The Labute approximate surface area is 137 Å². The molecule has 1 heterocycles. The van der Waals surface area contributed by atoms with Crippen LogP contribution in [-0.4, -0.2) is 14.7 Å². The fourth-order valence-electron chi connectivity index (χ4n) is 3.07. The number of fused-ring (bicyclic) bond motifs is 1. The number of para-hydroxylation sites is 2. The zero-order chi connectivity index (χ0) is 16.1. The summed E-state index contributed by atoms with van der Waals surface area (Å²) in [4.78, 5) is 4.67. The molecular formula is C20H24N2O. The van der Waals surface area contributed by atoms with Crippen molar-refractivity contribution >= 4 is 11.0 Å². The van der Waals surface area contributed by atoms with Crippen molar-refractivity contribution in [3.63, 3.8) is 0 Å². The van der Waals surface area contributed by atoms with E-state index in [4.69, 9.17) is 0 Å². The number of hydrogen-bond acceptors (Lipinski definition) is 2. The minimum absolute atomic E-state index is 0.482. The first kappa shape index (κ1) is 15.8. The van der Waals surface area contributed by atoms with Gasteiger partial charge in [-0.15, -0.1) is 0 Å². The molecule has 0 unspecified atom stereocenters. The molecule has 0 aliphatic rings. The van der Waals surface area contributed by atoms with Crippen molar-refractivity contribution in [3.05, 3.63) is 66.0 Å². The second-order valence-electron chi connectivity index (χ2n) is 6.00. The maximum Gasteiger partial charge on any atom is 0.138 e. The maximum absolute atomic E-state index is 10.4. The Balaban J connectivity index is 1.81. The fourth-order valence-corrected chi connectivity index (χ4v) is 3.07. The summed E-state index contributed by atoms with van der Waals surface area (Å²) in [5.74, 6) is 0.807. The molecule has 3 nitrogen and oxygen atoms in total. The maximum atomic E-state index is 10.4. The van der Waals surface area contributed by atoms with Gasteiger partial charge in [-0.05, 0) is 37.0 Å². The van der Waals surface area contributed by atoms with E-state index in [1.54, 1.807) is 0 Å². The summed E-state index contributed by atoms with van der Waals surface area (Å²) in [7, 11) is 0. The van der Waals surface area contributed by atoms with Gasteiger partial charge in [0, 0.05) is 6.54 Å². The number of aryl methyl sites for hydroxylation is 2. The van der Waals surface area contributed by atoms with Crippen LogP contribution in [0.25, 0.3) is 11.0 Å². The number of hydrogen-bond donors (Lipinski definition) is 1.